The summed E-state index contributed by atoms with van der Waals surface area (Å²) in [6, 6.07) is 19.4. The molecule has 1 amide bonds. The van der Waals surface area contributed by atoms with Gasteiger partial charge in [-0.15, -0.1) is 0 Å². The van der Waals surface area contributed by atoms with E-state index in [4.69, 9.17) is 14.2 Å². The zero-order valence-electron chi connectivity index (χ0n) is 23.1. The number of ether oxygens (including phenoxy) is 3. The molecule has 1 heterocycles. The number of carbonyl (C=O) groups excluding carboxylic acids is 2. The first-order valence-corrected chi connectivity index (χ1v) is 13.0. The Balaban J connectivity index is 1.69. The number of ketones is 1. The molecule has 1 aliphatic rings. The largest absolute Gasteiger partial charge is 0.507 e. The summed E-state index contributed by atoms with van der Waals surface area (Å²) in [7, 11) is 3.14. The lowest BCUT2D eigenvalue weighted by molar-refractivity contribution is -0.139. The summed E-state index contributed by atoms with van der Waals surface area (Å²) in [5.41, 5.74) is 3.20. The van der Waals surface area contributed by atoms with E-state index in [-0.39, 0.29) is 17.9 Å². The number of likely N-dealkylation sites (tertiary alicyclic amines) is 1. The Morgan fingerprint density at radius 1 is 0.949 bits per heavy atom. The van der Waals surface area contributed by atoms with Gasteiger partial charge in [0, 0.05) is 12.1 Å². The molecular formula is C32H35NO6. The van der Waals surface area contributed by atoms with Crippen LogP contribution >= 0.6 is 0 Å². The van der Waals surface area contributed by atoms with Crippen molar-refractivity contribution in [3.05, 3.63) is 94.6 Å². The quantitative estimate of drug-likeness (QED) is 0.206. The molecule has 3 aromatic rings. The molecule has 204 valence electrons. The van der Waals surface area contributed by atoms with E-state index in [2.05, 4.69) is 13.8 Å². The molecule has 3 aromatic carbocycles. The average Bonchev–Trinajstić information content (AvgIpc) is 3.19. The van der Waals surface area contributed by atoms with Gasteiger partial charge in [0.15, 0.2) is 11.5 Å². The maximum absolute atomic E-state index is 13.4. The summed E-state index contributed by atoms with van der Waals surface area (Å²) in [5, 5.41) is 11.4. The van der Waals surface area contributed by atoms with Crippen molar-refractivity contribution in [1.82, 2.24) is 4.90 Å². The third-order valence-corrected chi connectivity index (χ3v) is 6.70. The van der Waals surface area contributed by atoms with Gasteiger partial charge >= 0.3 is 0 Å². The number of Topliss-reactive ketones (excluding diaryl/α,β-unsaturated/α-hetero) is 1. The Labute approximate surface area is 229 Å². The highest BCUT2D eigenvalue weighted by molar-refractivity contribution is 6.46. The fraction of sp³-hybridized carbons (Fsp3) is 0.312. The second-order valence-corrected chi connectivity index (χ2v) is 10.1. The number of amides is 1. The summed E-state index contributed by atoms with van der Waals surface area (Å²) < 4.78 is 16.5. The lowest BCUT2D eigenvalue weighted by atomic mass is 9.94. The predicted molar refractivity (Wildman–Crippen MR) is 150 cm³/mol. The Hall–Kier alpha value is -4.26. The van der Waals surface area contributed by atoms with Gasteiger partial charge in [-0.1, -0.05) is 49.7 Å². The van der Waals surface area contributed by atoms with Crippen LogP contribution in [0.3, 0.4) is 0 Å². The first kappa shape index (κ1) is 27.8. The van der Waals surface area contributed by atoms with Crippen LogP contribution in [0.15, 0.2) is 72.3 Å². The number of hydrogen-bond acceptors (Lipinski definition) is 6. The van der Waals surface area contributed by atoms with Crippen molar-refractivity contribution in [1.29, 1.82) is 0 Å². The van der Waals surface area contributed by atoms with E-state index in [1.54, 1.807) is 43.4 Å². The number of aliphatic hydroxyl groups is 1. The monoisotopic (exact) mass is 529 g/mol. The third kappa shape index (κ3) is 6.08. The van der Waals surface area contributed by atoms with E-state index in [1.165, 1.54) is 0 Å². The third-order valence-electron chi connectivity index (χ3n) is 6.70. The zero-order valence-corrected chi connectivity index (χ0v) is 23.1. The van der Waals surface area contributed by atoms with Crippen molar-refractivity contribution in [3.8, 4) is 17.2 Å². The van der Waals surface area contributed by atoms with Crippen LogP contribution in [-0.2, 0) is 16.0 Å². The molecule has 1 N–H and O–H groups in total. The molecule has 7 heteroatoms. The molecule has 1 unspecified atom stereocenters. The van der Waals surface area contributed by atoms with Gasteiger partial charge in [-0.25, -0.2) is 0 Å². The van der Waals surface area contributed by atoms with E-state index in [0.29, 0.717) is 41.8 Å². The summed E-state index contributed by atoms with van der Waals surface area (Å²) in [6.45, 7) is 6.93. The standard InChI is InChI=1S/C32H35NO6/c1-20(2)19-39-25-12-10-23(11-13-25)30(34)28-29(24-8-6-7-21(3)17-24)33(32(36)31(28)35)16-15-22-9-14-26(37-4)27(18-22)38-5/h6-14,17-18,20,29,34H,15-16,19H2,1-5H3/b30-28+. The van der Waals surface area contributed by atoms with E-state index in [9.17, 15) is 14.7 Å². The number of nitrogens with zero attached hydrogens (tertiary/aromatic N) is 1. The molecule has 1 fully saturated rings. The SMILES string of the molecule is COc1ccc(CCN2C(=O)C(=O)/C(=C(/O)c3ccc(OCC(C)C)cc3)C2c2cccc(C)c2)cc1OC. The number of aryl methyl sites for hydroxylation is 1. The molecular weight excluding hydrogens is 494 g/mol. The molecule has 1 atom stereocenters. The Kier molecular flexibility index (Phi) is 8.59. The minimum absolute atomic E-state index is 0.0776. The molecule has 0 aliphatic carbocycles. The van der Waals surface area contributed by atoms with Gasteiger partial charge < -0.3 is 24.2 Å². The maximum Gasteiger partial charge on any atom is 0.295 e. The fourth-order valence-electron chi connectivity index (χ4n) is 4.71. The molecule has 4 rings (SSSR count). The number of benzene rings is 3. The number of rotatable bonds is 10. The summed E-state index contributed by atoms with van der Waals surface area (Å²) >= 11 is 0. The lowest BCUT2D eigenvalue weighted by Gasteiger charge is -2.26. The topological polar surface area (TPSA) is 85.3 Å². The summed E-state index contributed by atoms with van der Waals surface area (Å²) in [5.74, 6) is 0.708. The first-order chi connectivity index (χ1) is 18.7. The van der Waals surface area contributed by atoms with Crippen LogP contribution in [0.1, 0.15) is 42.1 Å². The molecule has 0 spiro atoms. The summed E-state index contributed by atoms with van der Waals surface area (Å²) in [4.78, 5) is 28.2. The van der Waals surface area contributed by atoms with Crippen LogP contribution in [0.4, 0.5) is 0 Å². The fourth-order valence-corrected chi connectivity index (χ4v) is 4.71. The highest BCUT2D eigenvalue weighted by Gasteiger charge is 2.45. The van der Waals surface area contributed by atoms with Crippen molar-refractivity contribution in [3.63, 3.8) is 0 Å². The van der Waals surface area contributed by atoms with E-state index in [0.717, 1.165) is 16.7 Å². The van der Waals surface area contributed by atoms with Crippen LogP contribution in [0.2, 0.25) is 0 Å². The van der Waals surface area contributed by atoms with Gasteiger partial charge in [0.05, 0.1) is 32.4 Å². The van der Waals surface area contributed by atoms with Crippen molar-refractivity contribution in [2.24, 2.45) is 5.92 Å². The minimum atomic E-state index is -0.720. The van der Waals surface area contributed by atoms with E-state index in [1.807, 2.05) is 49.4 Å². The average molecular weight is 530 g/mol. The highest BCUT2D eigenvalue weighted by Crippen LogP contribution is 2.40. The second kappa shape index (κ2) is 12.1. The van der Waals surface area contributed by atoms with Crippen molar-refractivity contribution < 1.29 is 28.9 Å². The zero-order chi connectivity index (χ0) is 28.1. The van der Waals surface area contributed by atoms with Gasteiger partial charge in [0.2, 0.25) is 0 Å². The van der Waals surface area contributed by atoms with Gasteiger partial charge in [-0.05, 0) is 66.8 Å². The molecule has 0 radical (unpaired) electrons. The smallest absolute Gasteiger partial charge is 0.295 e. The first-order valence-electron chi connectivity index (χ1n) is 13.0. The molecule has 0 aromatic heterocycles. The molecule has 0 saturated carbocycles. The van der Waals surface area contributed by atoms with Crippen LogP contribution in [0.25, 0.3) is 5.76 Å². The van der Waals surface area contributed by atoms with Crippen molar-refractivity contribution >= 4 is 17.4 Å². The Morgan fingerprint density at radius 3 is 2.31 bits per heavy atom. The van der Waals surface area contributed by atoms with E-state index >= 15 is 0 Å². The normalized spacial score (nSPS) is 16.6. The van der Waals surface area contributed by atoms with Crippen LogP contribution in [-0.4, -0.2) is 49.1 Å². The molecule has 7 nitrogen and oxygen atoms in total. The van der Waals surface area contributed by atoms with Gasteiger partial charge in [-0.3, -0.25) is 9.59 Å². The van der Waals surface area contributed by atoms with Gasteiger partial charge in [0.1, 0.15) is 11.5 Å². The number of hydrogen-bond donors (Lipinski definition) is 1. The molecule has 1 aliphatic heterocycles. The van der Waals surface area contributed by atoms with Crippen LogP contribution < -0.4 is 14.2 Å². The minimum Gasteiger partial charge on any atom is -0.507 e. The maximum atomic E-state index is 13.4. The predicted octanol–water partition coefficient (Wildman–Crippen LogP) is 5.71. The lowest BCUT2D eigenvalue weighted by Crippen LogP contribution is -2.31. The Bertz CT molecular complexity index is 1380. The summed E-state index contributed by atoms with van der Waals surface area (Å²) in [6.07, 6.45) is 0.484. The highest BCUT2D eigenvalue weighted by atomic mass is 16.5. The number of methoxy groups -OCH3 is 2. The van der Waals surface area contributed by atoms with Gasteiger partial charge in [0.25, 0.3) is 11.7 Å². The van der Waals surface area contributed by atoms with Crippen molar-refractivity contribution in [2.45, 2.75) is 33.2 Å². The molecule has 39 heavy (non-hydrogen) atoms. The number of aliphatic hydroxyl groups excluding tert-OH is 1. The van der Waals surface area contributed by atoms with E-state index < -0.39 is 17.7 Å². The molecule has 1 saturated heterocycles. The van der Waals surface area contributed by atoms with Crippen LogP contribution in [0.5, 0.6) is 17.2 Å². The van der Waals surface area contributed by atoms with Gasteiger partial charge in [-0.2, -0.15) is 0 Å². The Morgan fingerprint density at radius 2 is 1.67 bits per heavy atom. The second-order valence-electron chi connectivity index (χ2n) is 10.1. The van der Waals surface area contributed by atoms with Crippen LogP contribution in [0, 0.1) is 12.8 Å². The van der Waals surface area contributed by atoms with Crippen molar-refractivity contribution in [2.75, 3.05) is 27.4 Å². The molecule has 0 bridgehead atoms. The number of carbonyl (C=O) groups is 2.